The number of hydrogen-bond acceptors (Lipinski definition) is 3. The van der Waals surface area contributed by atoms with Gasteiger partial charge in [0, 0.05) is 29.9 Å². The molecule has 0 N–H and O–H groups in total. The molecule has 26 heavy (non-hydrogen) atoms. The van der Waals surface area contributed by atoms with E-state index in [0.29, 0.717) is 0 Å². The van der Waals surface area contributed by atoms with Crippen molar-refractivity contribution in [2.75, 3.05) is 4.90 Å². The molecule has 0 bridgehead atoms. The molecule has 2 aromatic carbocycles. The van der Waals surface area contributed by atoms with Gasteiger partial charge in [-0.25, -0.2) is 0 Å². The summed E-state index contributed by atoms with van der Waals surface area (Å²) >= 11 is 0. The molecule has 0 amide bonds. The third-order valence-corrected chi connectivity index (χ3v) is 5.48. The molecular formula is C22H26N2O2. The Morgan fingerprint density at radius 3 is 2.38 bits per heavy atom. The van der Waals surface area contributed by atoms with E-state index in [0.717, 1.165) is 24.9 Å². The molecule has 4 nitrogen and oxygen atoms in total. The van der Waals surface area contributed by atoms with E-state index in [2.05, 4.69) is 56.9 Å². The molecule has 1 unspecified atom stereocenters. The number of aryl methyl sites for hydroxylation is 1. The van der Waals surface area contributed by atoms with Gasteiger partial charge in [-0.05, 0) is 50.0 Å². The van der Waals surface area contributed by atoms with Crippen LogP contribution >= 0.6 is 0 Å². The summed E-state index contributed by atoms with van der Waals surface area (Å²) in [5.74, 6) is 0. The van der Waals surface area contributed by atoms with Gasteiger partial charge in [0.05, 0.1) is 10.5 Å². The SMILES string of the molecule is CCC1=CC(C)(CC)N(Cc2ccc([N+](=O)[O-])cc2)c2ccc(C)cc21. The van der Waals surface area contributed by atoms with Gasteiger partial charge in [-0.1, -0.05) is 43.7 Å². The Kier molecular flexibility index (Phi) is 4.86. The second kappa shape index (κ2) is 6.94. The predicted octanol–water partition coefficient (Wildman–Crippen LogP) is 5.89. The number of nitro benzene ring substituents is 1. The zero-order valence-electron chi connectivity index (χ0n) is 16.0. The molecule has 0 radical (unpaired) electrons. The lowest BCUT2D eigenvalue weighted by Crippen LogP contribution is -2.46. The van der Waals surface area contributed by atoms with Gasteiger partial charge >= 0.3 is 0 Å². The lowest BCUT2D eigenvalue weighted by atomic mass is 9.83. The fourth-order valence-corrected chi connectivity index (χ4v) is 3.71. The number of benzene rings is 2. The normalized spacial score (nSPS) is 19.1. The Morgan fingerprint density at radius 2 is 1.81 bits per heavy atom. The third-order valence-electron chi connectivity index (χ3n) is 5.48. The number of anilines is 1. The van der Waals surface area contributed by atoms with Gasteiger partial charge in [-0.3, -0.25) is 10.1 Å². The van der Waals surface area contributed by atoms with E-state index in [1.807, 2.05) is 12.1 Å². The van der Waals surface area contributed by atoms with Crippen molar-refractivity contribution < 1.29 is 4.92 Å². The quantitative estimate of drug-likeness (QED) is 0.499. The molecule has 0 fully saturated rings. The summed E-state index contributed by atoms with van der Waals surface area (Å²) in [5.41, 5.74) is 6.35. The van der Waals surface area contributed by atoms with Crippen molar-refractivity contribution in [3.63, 3.8) is 0 Å². The van der Waals surface area contributed by atoms with Crippen molar-refractivity contribution in [2.45, 2.75) is 52.6 Å². The molecule has 2 aromatic rings. The molecule has 0 aliphatic carbocycles. The molecule has 136 valence electrons. The van der Waals surface area contributed by atoms with Crippen LogP contribution in [0.15, 0.2) is 48.5 Å². The monoisotopic (exact) mass is 350 g/mol. The number of hydrogen-bond donors (Lipinski definition) is 0. The van der Waals surface area contributed by atoms with Crippen molar-refractivity contribution in [3.8, 4) is 0 Å². The summed E-state index contributed by atoms with van der Waals surface area (Å²) < 4.78 is 0. The molecule has 0 spiro atoms. The molecule has 1 aliphatic rings. The van der Waals surface area contributed by atoms with Crippen LogP contribution in [0.2, 0.25) is 0 Å². The van der Waals surface area contributed by atoms with Crippen molar-refractivity contribution in [1.29, 1.82) is 0 Å². The lowest BCUT2D eigenvalue weighted by molar-refractivity contribution is -0.384. The summed E-state index contributed by atoms with van der Waals surface area (Å²) in [6.07, 6.45) is 4.41. The Hall–Kier alpha value is -2.62. The minimum atomic E-state index is -0.352. The number of rotatable bonds is 5. The fraction of sp³-hybridized carbons (Fsp3) is 0.364. The van der Waals surface area contributed by atoms with Crippen LogP contribution in [0.25, 0.3) is 5.57 Å². The molecule has 0 saturated heterocycles. The minimum absolute atomic E-state index is 0.0740. The molecule has 1 heterocycles. The van der Waals surface area contributed by atoms with Crippen LogP contribution in [0.4, 0.5) is 11.4 Å². The van der Waals surface area contributed by atoms with Crippen LogP contribution in [-0.4, -0.2) is 10.5 Å². The van der Waals surface area contributed by atoms with Gasteiger partial charge in [0.2, 0.25) is 0 Å². The van der Waals surface area contributed by atoms with Crippen LogP contribution in [-0.2, 0) is 6.54 Å². The number of fused-ring (bicyclic) bond motifs is 1. The highest BCUT2D eigenvalue weighted by molar-refractivity contribution is 5.82. The zero-order chi connectivity index (χ0) is 18.9. The van der Waals surface area contributed by atoms with Crippen LogP contribution in [0.3, 0.4) is 0 Å². The third kappa shape index (κ3) is 3.24. The molecular weight excluding hydrogens is 324 g/mol. The van der Waals surface area contributed by atoms with E-state index < -0.39 is 0 Å². The molecule has 4 heteroatoms. The van der Waals surface area contributed by atoms with Gasteiger partial charge < -0.3 is 4.90 Å². The highest BCUT2D eigenvalue weighted by atomic mass is 16.6. The maximum Gasteiger partial charge on any atom is 0.269 e. The van der Waals surface area contributed by atoms with E-state index in [1.54, 1.807) is 12.1 Å². The van der Waals surface area contributed by atoms with E-state index >= 15 is 0 Å². The Bertz CT molecular complexity index is 855. The molecule has 0 aromatic heterocycles. The lowest BCUT2D eigenvalue weighted by Gasteiger charge is -2.45. The van der Waals surface area contributed by atoms with Crippen molar-refractivity contribution >= 4 is 16.9 Å². The van der Waals surface area contributed by atoms with Crippen molar-refractivity contribution in [1.82, 2.24) is 0 Å². The standard InChI is InChI=1S/C22H26N2O2/c1-5-18-14-22(4,6-2)23(21-12-7-16(3)13-20(18)21)15-17-8-10-19(11-9-17)24(25)26/h7-14H,5-6,15H2,1-4H3. The van der Waals surface area contributed by atoms with Gasteiger partial charge in [0.15, 0.2) is 0 Å². The van der Waals surface area contributed by atoms with E-state index in [9.17, 15) is 10.1 Å². The first kappa shape index (κ1) is 18.2. The Labute approximate surface area is 155 Å². The van der Waals surface area contributed by atoms with Crippen molar-refractivity contribution in [2.24, 2.45) is 0 Å². The first-order valence-corrected chi connectivity index (χ1v) is 9.21. The Morgan fingerprint density at radius 1 is 1.12 bits per heavy atom. The Balaban J connectivity index is 2.04. The molecule has 0 saturated carbocycles. The molecule has 1 aliphatic heterocycles. The first-order valence-electron chi connectivity index (χ1n) is 9.21. The zero-order valence-corrected chi connectivity index (χ0v) is 16.0. The fourth-order valence-electron chi connectivity index (χ4n) is 3.71. The van der Waals surface area contributed by atoms with Gasteiger partial charge in [-0.2, -0.15) is 0 Å². The van der Waals surface area contributed by atoms with Crippen LogP contribution in [0, 0.1) is 17.0 Å². The summed E-state index contributed by atoms with van der Waals surface area (Å²) in [4.78, 5) is 13.0. The number of nitro groups is 1. The molecule has 3 rings (SSSR count). The summed E-state index contributed by atoms with van der Waals surface area (Å²) in [6.45, 7) is 9.55. The molecule has 1 atom stereocenters. The maximum atomic E-state index is 10.9. The smallest absolute Gasteiger partial charge is 0.269 e. The summed E-state index contributed by atoms with van der Waals surface area (Å²) in [7, 11) is 0. The van der Waals surface area contributed by atoms with Crippen LogP contribution < -0.4 is 4.90 Å². The first-order chi connectivity index (χ1) is 12.4. The average Bonchev–Trinajstić information content (AvgIpc) is 2.64. The number of allylic oxidation sites excluding steroid dienone is 1. The predicted molar refractivity (Wildman–Crippen MR) is 107 cm³/mol. The topological polar surface area (TPSA) is 46.4 Å². The maximum absolute atomic E-state index is 10.9. The second-order valence-electron chi connectivity index (χ2n) is 7.26. The average molecular weight is 350 g/mol. The van der Waals surface area contributed by atoms with Crippen LogP contribution in [0.5, 0.6) is 0 Å². The van der Waals surface area contributed by atoms with E-state index in [4.69, 9.17) is 0 Å². The number of nitrogens with zero attached hydrogens (tertiary/aromatic N) is 2. The largest absolute Gasteiger partial charge is 0.358 e. The highest BCUT2D eigenvalue weighted by Gasteiger charge is 2.34. The highest BCUT2D eigenvalue weighted by Crippen LogP contribution is 2.43. The number of non-ortho nitro benzene ring substituents is 1. The second-order valence-corrected chi connectivity index (χ2v) is 7.26. The van der Waals surface area contributed by atoms with Gasteiger partial charge in [0.1, 0.15) is 0 Å². The van der Waals surface area contributed by atoms with Gasteiger partial charge in [-0.15, -0.1) is 0 Å². The minimum Gasteiger partial charge on any atom is -0.358 e. The van der Waals surface area contributed by atoms with E-state index in [-0.39, 0.29) is 16.1 Å². The van der Waals surface area contributed by atoms with E-state index in [1.165, 1.54) is 22.4 Å². The van der Waals surface area contributed by atoms with Gasteiger partial charge in [0.25, 0.3) is 5.69 Å². The van der Waals surface area contributed by atoms with Crippen molar-refractivity contribution in [3.05, 3.63) is 75.3 Å². The summed E-state index contributed by atoms with van der Waals surface area (Å²) in [6, 6.07) is 13.5. The summed E-state index contributed by atoms with van der Waals surface area (Å²) in [5, 5.41) is 10.9. The van der Waals surface area contributed by atoms with Crippen LogP contribution in [0.1, 0.15) is 50.3 Å².